The number of rotatable bonds is 6. The minimum atomic E-state index is -3.39. The lowest BCUT2D eigenvalue weighted by atomic mass is 9.41. The van der Waals surface area contributed by atoms with Crippen molar-refractivity contribution in [3.05, 3.63) is 0 Å². The molecule has 0 heterocycles. The van der Waals surface area contributed by atoms with Crippen LogP contribution in [0.15, 0.2) is 0 Å². The van der Waals surface area contributed by atoms with Crippen molar-refractivity contribution in [3.8, 4) is 0 Å². The molecule has 0 amide bonds. The van der Waals surface area contributed by atoms with Crippen LogP contribution in [-0.2, 0) is 10.0 Å². The van der Waals surface area contributed by atoms with E-state index in [0.29, 0.717) is 47.8 Å². The smallest absolute Gasteiger partial charge is 0.209 e. The van der Waals surface area contributed by atoms with Crippen LogP contribution in [0.4, 0.5) is 0 Å². The molecule has 6 heteroatoms. The van der Waals surface area contributed by atoms with Gasteiger partial charge in [-0.1, -0.05) is 34.1 Å². The Morgan fingerprint density at radius 3 is 2.31 bits per heavy atom. The van der Waals surface area contributed by atoms with Gasteiger partial charge >= 0.3 is 0 Å². The summed E-state index contributed by atoms with van der Waals surface area (Å²) in [6.07, 6.45) is 9.77. The molecule has 0 aromatic heterocycles. The summed E-state index contributed by atoms with van der Waals surface area (Å²) in [6.45, 7) is 9.50. The van der Waals surface area contributed by atoms with E-state index in [0.717, 1.165) is 32.1 Å². The Bertz CT molecular complexity index is 787. The Balaban J connectivity index is 1.56. The number of hydrogen-bond donors (Lipinski definition) is 3. The lowest BCUT2D eigenvalue weighted by Crippen LogP contribution is -2.62. The average Bonchev–Trinajstić information content (AvgIpc) is 3.06. The molecule has 4 saturated carbocycles. The molecule has 0 bridgehead atoms. The highest BCUT2D eigenvalue weighted by atomic mass is 32.2. The third kappa shape index (κ3) is 4.09. The molecule has 4 aliphatic rings. The van der Waals surface area contributed by atoms with Crippen LogP contribution in [0, 0.1) is 52.3 Å². The molecule has 0 aromatic rings. The molecule has 0 saturated heterocycles. The molecule has 4 fully saturated rings. The highest BCUT2D eigenvalue weighted by molar-refractivity contribution is 7.89. The summed E-state index contributed by atoms with van der Waals surface area (Å²) in [5, 5.41) is 27.4. The van der Waals surface area contributed by atoms with E-state index in [2.05, 4.69) is 27.7 Å². The third-order valence-corrected chi connectivity index (χ3v) is 12.1. The minimum Gasteiger partial charge on any atom is -0.393 e. The van der Waals surface area contributed by atoms with Gasteiger partial charge in [0.1, 0.15) is 0 Å². The Kier molecular flexibility index (Phi) is 6.86. The number of aliphatic hydroxyl groups excluding tert-OH is 2. The number of nitrogens with two attached hydrogens (primary N) is 1. The number of sulfonamides is 1. The van der Waals surface area contributed by atoms with Crippen LogP contribution in [0.3, 0.4) is 0 Å². The topological polar surface area (TPSA) is 101 Å². The number of primary sulfonamides is 1. The van der Waals surface area contributed by atoms with Crippen LogP contribution < -0.4 is 5.14 Å². The van der Waals surface area contributed by atoms with Gasteiger partial charge in [0, 0.05) is 0 Å². The third-order valence-electron chi connectivity index (χ3n) is 11.2. The largest absolute Gasteiger partial charge is 0.393 e. The summed E-state index contributed by atoms with van der Waals surface area (Å²) in [5.74, 6) is 3.39. The monoisotopic (exact) mass is 469 g/mol. The molecule has 0 radical (unpaired) electrons. The van der Waals surface area contributed by atoms with E-state index in [-0.39, 0.29) is 28.8 Å². The highest BCUT2D eigenvalue weighted by Crippen LogP contribution is 2.69. The predicted molar refractivity (Wildman–Crippen MR) is 128 cm³/mol. The van der Waals surface area contributed by atoms with Gasteiger partial charge in [-0.25, -0.2) is 13.6 Å². The first kappa shape index (κ1) is 24.9. The van der Waals surface area contributed by atoms with Crippen LogP contribution >= 0.6 is 0 Å². The quantitative estimate of drug-likeness (QED) is 0.539. The Labute approximate surface area is 196 Å². The molecule has 4 aliphatic carbocycles. The van der Waals surface area contributed by atoms with E-state index in [4.69, 9.17) is 5.14 Å². The maximum Gasteiger partial charge on any atom is 0.209 e. The van der Waals surface area contributed by atoms with Crippen LogP contribution in [0.1, 0.15) is 91.9 Å². The predicted octanol–water partition coefficient (Wildman–Crippen LogP) is 4.32. The molecular formula is C26H47NO4S. The van der Waals surface area contributed by atoms with E-state index < -0.39 is 10.0 Å². The van der Waals surface area contributed by atoms with Crippen LogP contribution in [0.5, 0.6) is 0 Å². The Morgan fingerprint density at radius 1 is 1.00 bits per heavy atom. The summed E-state index contributed by atoms with van der Waals surface area (Å²) in [4.78, 5) is 0. The summed E-state index contributed by atoms with van der Waals surface area (Å²) in [6, 6.07) is 0. The fourth-order valence-corrected chi connectivity index (χ4v) is 10.3. The van der Waals surface area contributed by atoms with Gasteiger partial charge in [0.2, 0.25) is 10.0 Å². The molecule has 5 nitrogen and oxygen atoms in total. The fraction of sp³-hybridized carbons (Fsp3) is 1.00. The van der Waals surface area contributed by atoms with Crippen molar-refractivity contribution in [2.45, 2.75) is 104 Å². The molecule has 3 unspecified atom stereocenters. The van der Waals surface area contributed by atoms with E-state index >= 15 is 0 Å². The first-order valence-electron chi connectivity index (χ1n) is 13.3. The molecule has 186 valence electrons. The lowest BCUT2D eigenvalue weighted by molar-refractivity contribution is -0.203. The molecule has 4 N–H and O–H groups in total. The minimum absolute atomic E-state index is 0.0807. The molecule has 0 aromatic carbocycles. The van der Waals surface area contributed by atoms with Gasteiger partial charge in [-0.15, -0.1) is 0 Å². The lowest BCUT2D eigenvalue weighted by Gasteiger charge is -2.64. The highest BCUT2D eigenvalue weighted by Gasteiger charge is 2.64. The van der Waals surface area contributed by atoms with E-state index in [9.17, 15) is 18.6 Å². The number of fused-ring (bicyclic) bond motifs is 5. The first-order valence-corrected chi connectivity index (χ1v) is 15.0. The van der Waals surface area contributed by atoms with Crippen molar-refractivity contribution in [2.75, 3.05) is 5.75 Å². The van der Waals surface area contributed by atoms with Gasteiger partial charge < -0.3 is 10.2 Å². The zero-order valence-corrected chi connectivity index (χ0v) is 21.5. The zero-order valence-electron chi connectivity index (χ0n) is 20.7. The molecule has 0 aliphatic heterocycles. The van der Waals surface area contributed by atoms with Crippen molar-refractivity contribution in [1.29, 1.82) is 0 Å². The average molecular weight is 470 g/mol. The normalized spacial score (nSPS) is 49.7. The molecule has 0 spiro atoms. The molecule has 11 atom stereocenters. The van der Waals surface area contributed by atoms with Crippen LogP contribution in [-0.4, -0.2) is 36.6 Å². The van der Waals surface area contributed by atoms with Crippen LogP contribution in [0.2, 0.25) is 0 Å². The summed E-state index contributed by atoms with van der Waals surface area (Å²) >= 11 is 0. The van der Waals surface area contributed by atoms with Crippen molar-refractivity contribution in [2.24, 2.45) is 57.4 Å². The van der Waals surface area contributed by atoms with Gasteiger partial charge in [0.15, 0.2) is 0 Å². The maximum atomic E-state index is 11.8. The van der Waals surface area contributed by atoms with Crippen molar-refractivity contribution < 1.29 is 18.6 Å². The second-order valence-corrected chi connectivity index (χ2v) is 14.3. The maximum absolute atomic E-state index is 11.8. The SMILES string of the molecule is CC[C@H]1[C@@H](O)C2C3CC[C@H]([C@H](C)CCCS(N)(=O)=O)[C@@]3(C)CCC2[C@@]2(C)CC[C@@H](O)C[C@@H]12. The Morgan fingerprint density at radius 2 is 1.66 bits per heavy atom. The zero-order chi connectivity index (χ0) is 23.5. The van der Waals surface area contributed by atoms with E-state index in [1.165, 1.54) is 25.7 Å². The van der Waals surface area contributed by atoms with Gasteiger partial charge in [-0.05, 0) is 110 Å². The molecular weight excluding hydrogens is 422 g/mol. The number of hydrogen-bond acceptors (Lipinski definition) is 4. The summed E-state index contributed by atoms with van der Waals surface area (Å²) in [5.41, 5.74) is 0.475. The van der Waals surface area contributed by atoms with Crippen molar-refractivity contribution in [1.82, 2.24) is 0 Å². The number of aliphatic hydroxyl groups is 2. The van der Waals surface area contributed by atoms with Gasteiger partial charge in [0.05, 0.1) is 18.0 Å². The second kappa shape index (κ2) is 8.80. The van der Waals surface area contributed by atoms with E-state index in [1.54, 1.807) is 0 Å². The summed E-state index contributed by atoms with van der Waals surface area (Å²) < 4.78 is 22.8. The fourth-order valence-electron chi connectivity index (χ4n) is 9.74. The van der Waals surface area contributed by atoms with Gasteiger partial charge in [-0.2, -0.15) is 0 Å². The van der Waals surface area contributed by atoms with Crippen LogP contribution in [0.25, 0.3) is 0 Å². The van der Waals surface area contributed by atoms with Gasteiger partial charge in [-0.3, -0.25) is 0 Å². The first-order chi connectivity index (χ1) is 14.9. The van der Waals surface area contributed by atoms with Gasteiger partial charge in [0.25, 0.3) is 0 Å². The Hall–Kier alpha value is -0.170. The van der Waals surface area contributed by atoms with E-state index in [1.807, 2.05) is 0 Å². The molecule has 4 rings (SSSR count). The standard InChI is InChI=1S/C26H47NO4S/c1-5-18-22-15-17(28)10-12-26(22,4)21-11-13-25(3)19(8-9-20(25)23(21)24(18)29)16(2)7-6-14-32(27,30)31/h16-24,28-29H,5-15H2,1-4H3,(H2,27,30,31)/t16-,17-,18-,19-,20?,21?,22+,23?,24-,25-,26-/m1/s1. The molecule has 32 heavy (non-hydrogen) atoms. The second-order valence-electron chi connectivity index (χ2n) is 12.6. The van der Waals surface area contributed by atoms with Crippen molar-refractivity contribution >= 4 is 10.0 Å². The van der Waals surface area contributed by atoms with Crippen molar-refractivity contribution in [3.63, 3.8) is 0 Å². The summed E-state index contributed by atoms with van der Waals surface area (Å²) in [7, 11) is -3.39.